The van der Waals surface area contributed by atoms with Crippen molar-refractivity contribution in [3.63, 3.8) is 0 Å². The van der Waals surface area contributed by atoms with Gasteiger partial charge in [-0.3, -0.25) is 4.79 Å². The van der Waals surface area contributed by atoms with Crippen LogP contribution < -0.4 is 0 Å². The summed E-state index contributed by atoms with van der Waals surface area (Å²) in [6.07, 6.45) is 0. The quantitative estimate of drug-likeness (QED) is 0.694. The lowest BCUT2D eigenvalue weighted by atomic mass is 10.1. The lowest BCUT2D eigenvalue weighted by Crippen LogP contribution is -2.13. The number of carbonyl (C=O) groups excluding carboxylic acids is 1. The van der Waals surface area contributed by atoms with E-state index in [2.05, 4.69) is 15.4 Å². The molecule has 0 aliphatic heterocycles. The zero-order chi connectivity index (χ0) is 15.5. The van der Waals surface area contributed by atoms with Crippen LogP contribution >= 0.6 is 11.6 Å². The average molecular weight is 313 g/mol. The van der Waals surface area contributed by atoms with Crippen LogP contribution in [-0.2, 0) is 6.54 Å². The Morgan fingerprint density at radius 2 is 1.86 bits per heavy atom. The van der Waals surface area contributed by atoms with Gasteiger partial charge < -0.3 is 0 Å². The Kier molecular flexibility index (Phi) is 3.98. The van der Waals surface area contributed by atoms with Gasteiger partial charge in [0.2, 0.25) is 5.82 Å². The molecule has 3 aromatic rings. The Labute approximate surface area is 132 Å². The molecule has 0 saturated heterocycles. The van der Waals surface area contributed by atoms with Crippen LogP contribution in [0.15, 0.2) is 48.5 Å². The number of aromatic nitrogens is 4. The summed E-state index contributed by atoms with van der Waals surface area (Å²) in [5.41, 5.74) is 2.54. The van der Waals surface area contributed by atoms with Crippen LogP contribution in [0.5, 0.6) is 0 Å². The maximum atomic E-state index is 12.2. The van der Waals surface area contributed by atoms with Gasteiger partial charge in [0, 0.05) is 16.1 Å². The molecule has 0 spiro atoms. The second kappa shape index (κ2) is 6.07. The highest BCUT2D eigenvalue weighted by Crippen LogP contribution is 2.18. The molecule has 110 valence electrons. The Morgan fingerprint density at radius 1 is 1.14 bits per heavy atom. The van der Waals surface area contributed by atoms with Gasteiger partial charge in [-0.15, -0.1) is 10.2 Å². The third-order valence-electron chi connectivity index (χ3n) is 3.29. The molecule has 6 heteroatoms. The highest BCUT2D eigenvalue weighted by Gasteiger charge is 2.12. The molecule has 0 atom stereocenters. The molecule has 1 heterocycles. The molecule has 0 aliphatic carbocycles. The summed E-state index contributed by atoms with van der Waals surface area (Å²) in [7, 11) is 0. The van der Waals surface area contributed by atoms with Gasteiger partial charge in [-0.05, 0) is 42.0 Å². The Morgan fingerprint density at radius 3 is 2.59 bits per heavy atom. The summed E-state index contributed by atoms with van der Waals surface area (Å²) in [5.74, 6) is 0.424. The van der Waals surface area contributed by atoms with E-state index >= 15 is 0 Å². The van der Waals surface area contributed by atoms with Crippen molar-refractivity contribution < 1.29 is 4.79 Å². The van der Waals surface area contributed by atoms with Crippen molar-refractivity contribution in [3.05, 3.63) is 64.7 Å². The van der Waals surface area contributed by atoms with E-state index in [1.165, 1.54) is 4.80 Å². The number of nitrogens with zero attached hydrogens (tertiary/aromatic N) is 4. The fourth-order valence-corrected chi connectivity index (χ4v) is 2.22. The van der Waals surface area contributed by atoms with E-state index in [-0.39, 0.29) is 12.3 Å². The van der Waals surface area contributed by atoms with Crippen LogP contribution in [0.3, 0.4) is 0 Å². The molecular formula is C16H13ClN4O. The van der Waals surface area contributed by atoms with Gasteiger partial charge in [-0.2, -0.15) is 4.80 Å². The van der Waals surface area contributed by atoms with Crippen molar-refractivity contribution in [2.45, 2.75) is 13.5 Å². The minimum absolute atomic E-state index is 0.0422. The number of rotatable bonds is 4. The zero-order valence-electron chi connectivity index (χ0n) is 11.9. The fraction of sp³-hybridized carbons (Fsp3) is 0.125. The minimum atomic E-state index is -0.0922. The first-order valence-corrected chi connectivity index (χ1v) is 7.14. The highest BCUT2D eigenvalue weighted by molar-refractivity contribution is 6.30. The minimum Gasteiger partial charge on any atom is -0.292 e. The normalized spacial score (nSPS) is 10.6. The number of hydrogen-bond donors (Lipinski definition) is 0. The van der Waals surface area contributed by atoms with Gasteiger partial charge in [-0.1, -0.05) is 35.9 Å². The van der Waals surface area contributed by atoms with Gasteiger partial charge in [0.1, 0.15) is 6.54 Å². The fourth-order valence-electron chi connectivity index (χ4n) is 2.10. The second-order valence-corrected chi connectivity index (χ2v) is 5.32. The van der Waals surface area contributed by atoms with Crippen LogP contribution in [0.4, 0.5) is 0 Å². The molecule has 5 nitrogen and oxygen atoms in total. The largest absolute Gasteiger partial charge is 0.292 e. The second-order valence-electron chi connectivity index (χ2n) is 4.89. The van der Waals surface area contributed by atoms with E-state index < -0.39 is 0 Å². The summed E-state index contributed by atoms with van der Waals surface area (Å²) in [6, 6.07) is 14.5. The van der Waals surface area contributed by atoms with E-state index in [0.29, 0.717) is 16.4 Å². The highest BCUT2D eigenvalue weighted by atomic mass is 35.5. The van der Waals surface area contributed by atoms with Crippen molar-refractivity contribution in [1.29, 1.82) is 0 Å². The Hall–Kier alpha value is -2.53. The number of carbonyl (C=O) groups is 1. The van der Waals surface area contributed by atoms with Gasteiger partial charge in [0.15, 0.2) is 5.78 Å². The first kappa shape index (κ1) is 14.4. The maximum absolute atomic E-state index is 12.2. The molecule has 1 aromatic heterocycles. The van der Waals surface area contributed by atoms with Crippen molar-refractivity contribution in [2.75, 3.05) is 0 Å². The number of tetrazole rings is 1. The first-order valence-electron chi connectivity index (χ1n) is 6.76. The van der Waals surface area contributed by atoms with E-state index in [1.54, 1.807) is 24.3 Å². The smallest absolute Gasteiger partial charge is 0.205 e. The summed E-state index contributed by atoms with van der Waals surface area (Å²) in [4.78, 5) is 13.5. The van der Waals surface area contributed by atoms with Crippen molar-refractivity contribution in [1.82, 2.24) is 20.2 Å². The molecule has 0 amide bonds. The van der Waals surface area contributed by atoms with Crippen LogP contribution in [0.2, 0.25) is 5.02 Å². The van der Waals surface area contributed by atoms with Gasteiger partial charge in [0.05, 0.1) is 0 Å². The van der Waals surface area contributed by atoms with E-state index in [9.17, 15) is 4.79 Å². The van der Waals surface area contributed by atoms with Crippen LogP contribution in [0.25, 0.3) is 11.4 Å². The van der Waals surface area contributed by atoms with E-state index in [0.717, 1.165) is 11.1 Å². The molecule has 3 rings (SSSR count). The Bertz CT molecular complexity index is 811. The monoisotopic (exact) mass is 312 g/mol. The number of hydrogen-bond acceptors (Lipinski definition) is 4. The summed E-state index contributed by atoms with van der Waals surface area (Å²) in [6.45, 7) is 2.02. The molecule has 0 bridgehead atoms. The van der Waals surface area contributed by atoms with Crippen molar-refractivity contribution >= 4 is 17.4 Å². The molecular weight excluding hydrogens is 300 g/mol. The molecule has 0 saturated carbocycles. The number of benzene rings is 2. The van der Waals surface area contributed by atoms with Crippen LogP contribution in [-0.4, -0.2) is 26.0 Å². The molecule has 0 N–H and O–H groups in total. The average Bonchev–Trinajstić information content (AvgIpc) is 2.96. The third kappa shape index (κ3) is 3.04. The Balaban J connectivity index is 1.78. The number of Topliss-reactive ketones (excluding diaryl/α,β-unsaturated/α-hetero) is 1. The number of halogens is 1. The molecule has 0 aliphatic rings. The summed E-state index contributed by atoms with van der Waals surface area (Å²) in [5, 5.41) is 12.8. The SMILES string of the molecule is Cc1ccccc1-c1nnn(CC(=O)c2ccc(Cl)cc2)n1. The predicted molar refractivity (Wildman–Crippen MR) is 83.8 cm³/mol. The standard InChI is InChI=1S/C16H13ClN4O/c1-11-4-2-3-5-14(11)16-18-20-21(19-16)10-15(22)12-6-8-13(17)9-7-12/h2-9H,10H2,1H3. The molecule has 22 heavy (non-hydrogen) atoms. The van der Waals surface area contributed by atoms with Crippen LogP contribution in [0, 0.1) is 6.92 Å². The summed E-state index contributed by atoms with van der Waals surface area (Å²) < 4.78 is 0. The third-order valence-corrected chi connectivity index (χ3v) is 3.54. The lowest BCUT2D eigenvalue weighted by molar-refractivity contribution is 0.0961. The van der Waals surface area contributed by atoms with Crippen molar-refractivity contribution in [2.24, 2.45) is 0 Å². The number of aryl methyl sites for hydroxylation is 1. The predicted octanol–water partition coefficient (Wildman–Crippen LogP) is 3.18. The molecule has 0 fully saturated rings. The molecule has 0 radical (unpaired) electrons. The number of ketones is 1. The van der Waals surface area contributed by atoms with E-state index in [4.69, 9.17) is 11.6 Å². The maximum Gasteiger partial charge on any atom is 0.205 e. The van der Waals surface area contributed by atoms with Crippen LogP contribution in [0.1, 0.15) is 15.9 Å². The first-order chi connectivity index (χ1) is 10.6. The molecule has 0 unspecified atom stereocenters. The lowest BCUT2D eigenvalue weighted by Gasteiger charge is -2.00. The summed E-state index contributed by atoms with van der Waals surface area (Å²) >= 11 is 5.81. The van der Waals surface area contributed by atoms with Crippen molar-refractivity contribution in [3.8, 4) is 11.4 Å². The zero-order valence-corrected chi connectivity index (χ0v) is 12.7. The van der Waals surface area contributed by atoms with Gasteiger partial charge in [0.25, 0.3) is 0 Å². The molecule has 2 aromatic carbocycles. The van der Waals surface area contributed by atoms with Gasteiger partial charge >= 0.3 is 0 Å². The van der Waals surface area contributed by atoms with E-state index in [1.807, 2.05) is 31.2 Å². The topological polar surface area (TPSA) is 60.7 Å². The van der Waals surface area contributed by atoms with Gasteiger partial charge in [-0.25, -0.2) is 0 Å².